The molecule has 0 heterocycles. The van der Waals surface area contributed by atoms with Gasteiger partial charge in [-0.1, -0.05) is 20.8 Å². The fraction of sp³-hybridized carbons (Fsp3) is 0.500. The predicted molar refractivity (Wildman–Crippen MR) is 90.4 cm³/mol. The maximum absolute atomic E-state index is 12.6. The molecule has 2 fully saturated rings. The molecule has 0 saturated heterocycles. The quantitative estimate of drug-likeness (QED) is 0.658. The Balaban J connectivity index is 1.97. The van der Waals surface area contributed by atoms with Gasteiger partial charge in [0.25, 0.3) is 5.69 Å². The summed E-state index contributed by atoms with van der Waals surface area (Å²) in [4.78, 5) is 33.1. The molecule has 1 aromatic carbocycles. The summed E-state index contributed by atoms with van der Waals surface area (Å²) in [5, 5.41) is 26.2. The standard InChI is InChI=1S/C16H18N4O5/c1-15(2)10-6-7-16(15,3)14(13(10)21)18-17-11-5-4-9(19(22)23)8-12(11)20(24)25/h4-5,8,10,17H,6-7H2,1-3H3/b18-14-/t10-,16+/m1/s1. The highest BCUT2D eigenvalue weighted by molar-refractivity contribution is 6.45. The summed E-state index contributed by atoms with van der Waals surface area (Å²) in [6.45, 7) is 6.07. The third kappa shape index (κ3) is 2.30. The number of fused-ring (bicyclic) bond motifs is 2. The average Bonchev–Trinajstić information content (AvgIpc) is 2.84. The van der Waals surface area contributed by atoms with E-state index < -0.39 is 20.9 Å². The van der Waals surface area contributed by atoms with E-state index in [-0.39, 0.29) is 28.5 Å². The van der Waals surface area contributed by atoms with Crippen molar-refractivity contribution in [3.63, 3.8) is 0 Å². The predicted octanol–water partition coefficient (Wildman–Crippen LogP) is 3.30. The normalized spacial score (nSPS) is 28.4. The van der Waals surface area contributed by atoms with Gasteiger partial charge in [-0.3, -0.25) is 30.4 Å². The van der Waals surface area contributed by atoms with E-state index in [9.17, 15) is 25.0 Å². The van der Waals surface area contributed by atoms with Gasteiger partial charge in [0.15, 0.2) is 5.78 Å². The van der Waals surface area contributed by atoms with Crippen LogP contribution in [0.3, 0.4) is 0 Å². The van der Waals surface area contributed by atoms with Crippen molar-refractivity contribution in [2.45, 2.75) is 33.6 Å². The first-order chi connectivity index (χ1) is 11.6. The molecule has 9 nitrogen and oxygen atoms in total. The lowest BCUT2D eigenvalue weighted by atomic mass is 9.70. The van der Waals surface area contributed by atoms with E-state index in [1.165, 1.54) is 6.07 Å². The number of anilines is 1. The number of nitrogens with one attached hydrogen (secondary N) is 1. The van der Waals surface area contributed by atoms with Crippen molar-refractivity contribution in [3.8, 4) is 0 Å². The zero-order chi connectivity index (χ0) is 18.6. The molecule has 2 aliphatic rings. The number of carbonyl (C=O) groups is 1. The van der Waals surface area contributed by atoms with Crippen LogP contribution < -0.4 is 5.43 Å². The smallest absolute Gasteiger partial charge is 0.292 e. The summed E-state index contributed by atoms with van der Waals surface area (Å²) >= 11 is 0. The second-order valence-corrected chi connectivity index (χ2v) is 7.30. The minimum atomic E-state index is -0.718. The van der Waals surface area contributed by atoms with Gasteiger partial charge >= 0.3 is 5.69 Å². The SMILES string of the molecule is CC1(C)[C@@H]2CC[C@@]1(C)/C(=N\Nc1ccc([N+](=O)[O-])cc1[N+](=O)[O-])C2=O. The Morgan fingerprint density at radius 2 is 1.88 bits per heavy atom. The van der Waals surface area contributed by atoms with Gasteiger partial charge in [0, 0.05) is 17.4 Å². The van der Waals surface area contributed by atoms with E-state index in [4.69, 9.17) is 0 Å². The molecular weight excluding hydrogens is 328 g/mol. The topological polar surface area (TPSA) is 128 Å². The van der Waals surface area contributed by atoms with Crippen LogP contribution in [0.5, 0.6) is 0 Å². The molecule has 2 atom stereocenters. The minimum Gasteiger partial charge on any atom is -0.292 e. The minimum absolute atomic E-state index is 0.0140. The van der Waals surface area contributed by atoms with Crippen LogP contribution in [0.25, 0.3) is 0 Å². The summed E-state index contributed by atoms with van der Waals surface area (Å²) in [6.07, 6.45) is 1.65. The number of Topliss-reactive ketones (excluding diaryl/α,β-unsaturated/α-hetero) is 1. The maximum atomic E-state index is 12.6. The highest BCUT2D eigenvalue weighted by Gasteiger charge is 2.65. The zero-order valence-corrected chi connectivity index (χ0v) is 14.1. The lowest BCUT2D eigenvalue weighted by Gasteiger charge is -2.33. The number of nitro groups is 2. The molecule has 132 valence electrons. The van der Waals surface area contributed by atoms with Gasteiger partial charge < -0.3 is 0 Å². The van der Waals surface area contributed by atoms with E-state index in [1.54, 1.807) is 0 Å². The van der Waals surface area contributed by atoms with E-state index in [1.807, 2.05) is 20.8 Å². The first kappa shape index (κ1) is 17.0. The average molecular weight is 346 g/mol. The summed E-state index contributed by atoms with van der Waals surface area (Å²) in [5.74, 6) is -0.124. The van der Waals surface area contributed by atoms with Crippen LogP contribution in [0.15, 0.2) is 23.3 Å². The van der Waals surface area contributed by atoms with Crippen LogP contribution in [0.2, 0.25) is 0 Å². The first-order valence-corrected chi connectivity index (χ1v) is 7.91. The van der Waals surface area contributed by atoms with E-state index >= 15 is 0 Å². The first-order valence-electron chi connectivity index (χ1n) is 7.91. The fourth-order valence-electron chi connectivity index (χ4n) is 3.99. The number of carbonyl (C=O) groups excluding carboxylic acids is 1. The van der Waals surface area contributed by atoms with Crippen molar-refractivity contribution < 1.29 is 14.6 Å². The maximum Gasteiger partial charge on any atom is 0.301 e. The highest BCUT2D eigenvalue weighted by Crippen LogP contribution is 2.62. The molecule has 1 N–H and O–H groups in total. The van der Waals surface area contributed by atoms with E-state index in [2.05, 4.69) is 10.5 Å². The summed E-state index contributed by atoms with van der Waals surface area (Å²) in [6, 6.07) is 3.26. The van der Waals surface area contributed by atoms with Crippen molar-refractivity contribution in [2.75, 3.05) is 5.43 Å². The number of non-ortho nitro benzene ring substituents is 1. The molecule has 2 bridgehead atoms. The number of hydrogen-bond donors (Lipinski definition) is 1. The van der Waals surface area contributed by atoms with Gasteiger partial charge in [0.05, 0.1) is 15.9 Å². The highest BCUT2D eigenvalue weighted by atomic mass is 16.6. The van der Waals surface area contributed by atoms with Gasteiger partial charge in [-0.05, 0) is 24.3 Å². The zero-order valence-electron chi connectivity index (χ0n) is 14.1. The van der Waals surface area contributed by atoms with E-state index in [0.717, 1.165) is 25.0 Å². The Bertz CT molecular complexity index is 832. The molecule has 0 spiro atoms. The molecule has 0 radical (unpaired) electrons. The number of hydrogen-bond acceptors (Lipinski definition) is 7. The van der Waals surface area contributed by atoms with Gasteiger partial charge in [0.1, 0.15) is 11.4 Å². The Morgan fingerprint density at radius 3 is 2.40 bits per heavy atom. The van der Waals surface area contributed by atoms with Crippen LogP contribution >= 0.6 is 0 Å². The number of rotatable bonds is 4. The molecule has 2 saturated carbocycles. The molecule has 25 heavy (non-hydrogen) atoms. The molecule has 0 aromatic heterocycles. The Hall–Kier alpha value is -2.84. The van der Waals surface area contributed by atoms with Crippen LogP contribution in [0.4, 0.5) is 17.1 Å². The van der Waals surface area contributed by atoms with E-state index in [0.29, 0.717) is 5.71 Å². The molecule has 3 rings (SSSR count). The summed E-state index contributed by atoms with van der Waals surface area (Å²) in [7, 11) is 0. The number of benzene rings is 1. The Morgan fingerprint density at radius 1 is 1.20 bits per heavy atom. The lowest BCUT2D eigenvalue weighted by Crippen LogP contribution is -2.34. The van der Waals surface area contributed by atoms with Crippen molar-refractivity contribution in [3.05, 3.63) is 38.4 Å². The van der Waals surface area contributed by atoms with Crippen LogP contribution in [0, 0.1) is 37.0 Å². The van der Waals surface area contributed by atoms with Crippen LogP contribution in [-0.4, -0.2) is 21.3 Å². The monoisotopic (exact) mass is 346 g/mol. The fourth-order valence-corrected chi connectivity index (χ4v) is 3.99. The Kier molecular flexibility index (Phi) is 3.63. The second kappa shape index (κ2) is 5.33. The molecule has 0 amide bonds. The van der Waals surface area contributed by atoms with Crippen molar-refractivity contribution >= 4 is 28.6 Å². The number of ketones is 1. The lowest BCUT2D eigenvalue weighted by molar-refractivity contribution is -0.393. The van der Waals surface area contributed by atoms with Gasteiger partial charge in [-0.25, -0.2) is 0 Å². The molecule has 0 unspecified atom stereocenters. The molecule has 2 aliphatic carbocycles. The number of hydrazone groups is 1. The van der Waals surface area contributed by atoms with Crippen LogP contribution in [0.1, 0.15) is 33.6 Å². The molecule has 9 heteroatoms. The number of nitro benzene ring substituents is 2. The van der Waals surface area contributed by atoms with Gasteiger partial charge in [0.2, 0.25) is 0 Å². The molecule has 1 aromatic rings. The van der Waals surface area contributed by atoms with Gasteiger partial charge in [-0.2, -0.15) is 5.10 Å². The van der Waals surface area contributed by atoms with Crippen molar-refractivity contribution in [2.24, 2.45) is 21.8 Å². The second-order valence-electron chi connectivity index (χ2n) is 7.30. The molecule has 0 aliphatic heterocycles. The molecular formula is C16H18N4O5. The van der Waals surface area contributed by atoms with Crippen molar-refractivity contribution in [1.82, 2.24) is 0 Å². The van der Waals surface area contributed by atoms with Gasteiger partial charge in [-0.15, -0.1) is 0 Å². The largest absolute Gasteiger partial charge is 0.301 e. The third-order valence-corrected chi connectivity index (χ3v) is 5.98. The van der Waals surface area contributed by atoms with Crippen LogP contribution in [-0.2, 0) is 4.79 Å². The van der Waals surface area contributed by atoms with Crippen molar-refractivity contribution in [1.29, 1.82) is 0 Å². The Labute approximate surface area is 143 Å². The summed E-state index contributed by atoms with van der Waals surface area (Å²) in [5.41, 5.74) is 1.54. The number of nitrogens with zero attached hydrogens (tertiary/aromatic N) is 3. The summed E-state index contributed by atoms with van der Waals surface area (Å²) < 4.78 is 0. The third-order valence-electron chi connectivity index (χ3n) is 5.98.